The van der Waals surface area contributed by atoms with Gasteiger partial charge in [-0.05, 0) is 30.7 Å². The molecule has 0 fully saturated rings. The van der Waals surface area contributed by atoms with Gasteiger partial charge in [0.25, 0.3) is 0 Å². The molecule has 18 heavy (non-hydrogen) atoms. The number of pyridine rings is 1. The number of anilines is 1. The average Bonchev–Trinajstić information content (AvgIpc) is 2.34. The Bertz CT molecular complexity index is 635. The minimum absolute atomic E-state index is 0.0417. The third kappa shape index (κ3) is 2.23. The van der Waals surface area contributed by atoms with E-state index in [1.165, 1.54) is 18.3 Å². The maximum atomic E-state index is 13.3. The van der Waals surface area contributed by atoms with Crippen LogP contribution >= 0.6 is 0 Å². The Kier molecular flexibility index (Phi) is 3.11. The lowest BCUT2D eigenvalue weighted by atomic mass is 10.2. The highest BCUT2D eigenvalue weighted by Gasteiger charge is 2.10. The number of halogens is 1. The lowest BCUT2D eigenvalue weighted by Gasteiger charge is -2.08. The number of aromatic nitrogens is 1. The zero-order valence-corrected chi connectivity index (χ0v) is 9.64. The molecule has 0 spiro atoms. The number of rotatable bonds is 2. The zero-order valence-electron chi connectivity index (χ0n) is 9.64. The summed E-state index contributed by atoms with van der Waals surface area (Å²) < 4.78 is 18.6. The molecule has 1 aromatic heterocycles. The van der Waals surface area contributed by atoms with E-state index in [0.29, 0.717) is 5.56 Å². The van der Waals surface area contributed by atoms with Crippen molar-refractivity contribution in [2.24, 2.45) is 0 Å². The second-order valence-corrected chi connectivity index (χ2v) is 3.71. The fourth-order valence-corrected chi connectivity index (χ4v) is 1.43. The first-order valence-corrected chi connectivity index (χ1v) is 5.20. The lowest BCUT2D eigenvalue weighted by molar-refractivity contribution is 0.456. The fraction of sp³-hybridized carbons (Fsp3) is 0.0769. The Balaban J connectivity index is 2.37. The average molecular weight is 243 g/mol. The highest BCUT2D eigenvalue weighted by molar-refractivity contribution is 5.48. The van der Waals surface area contributed by atoms with Crippen LogP contribution in [-0.2, 0) is 0 Å². The van der Waals surface area contributed by atoms with Crippen LogP contribution in [0.15, 0.2) is 30.5 Å². The van der Waals surface area contributed by atoms with Gasteiger partial charge in [0.15, 0.2) is 0 Å². The van der Waals surface area contributed by atoms with Crippen LogP contribution in [0.25, 0.3) is 0 Å². The molecule has 0 aliphatic rings. The van der Waals surface area contributed by atoms with E-state index in [1.807, 2.05) is 6.07 Å². The molecule has 0 saturated heterocycles. The van der Waals surface area contributed by atoms with E-state index in [-0.39, 0.29) is 17.3 Å². The van der Waals surface area contributed by atoms with E-state index in [4.69, 9.17) is 15.7 Å². The number of benzene rings is 1. The van der Waals surface area contributed by atoms with Gasteiger partial charge in [-0.2, -0.15) is 5.26 Å². The third-order valence-electron chi connectivity index (χ3n) is 2.42. The SMILES string of the molecule is Cc1ccnc(Oc2ccc(N)c(F)c2)c1C#N. The van der Waals surface area contributed by atoms with Crippen molar-refractivity contribution in [3.8, 4) is 17.7 Å². The molecule has 1 aromatic carbocycles. The number of hydrogen-bond donors (Lipinski definition) is 1. The zero-order chi connectivity index (χ0) is 13.1. The van der Waals surface area contributed by atoms with Gasteiger partial charge in [-0.15, -0.1) is 0 Å². The second kappa shape index (κ2) is 4.72. The molecule has 0 aliphatic carbocycles. The van der Waals surface area contributed by atoms with Crippen molar-refractivity contribution >= 4 is 5.69 Å². The number of ether oxygens (including phenoxy) is 1. The van der Waals surface area contributed by atoms with Gasteiger partial charge in [0.2, 0.25) is 5.88 Å². The van der Waals surface area contributed by atoms with E-state index < -0.39 is 5.82 Å². The summed E-state index contributed by atoms with van der Waals surface area (Å²) in [7, 11) is 0. The van der Waals surface area contributed by atoms with Crippen molar-refractivity contribution in [2.75, 3.05) is 5.73 Å². The molecule has 90 valence electrons. The largest absolute Gasteiger partial charge is 0.438 e. The van der Waals surface area contributed by atoms with Crippen LogP contribution in [0, 0.1) is 24.1 Å². The smallest absolute Gasteiger partial charge is 0.237 e. The Hall–Kier alpha value is -2.61. The maximum absolute atomic E-state index is 13.3. The van der Waals surface area contributed by atoms with Gasteiger partial charge < -0.3 is 10.5 Å². The first-order chi connectivity index (χ1) is 8.61. The van der Waals surface area contributed by atoms with Gasteiger partial charge in [-0.25, -0.2) is 9.37 Å². The third-order valence-corrected chi connectivity index (χ3v) is 2.42. The van der Waals surface area contributed by atoms with E-state index in [1.54, 1.807) is 13.0 Å². The highest BCUT2D eigenvalue weighted by Crippen LogP contribution is 2.26. The molecule has 0 bridgehead atoms. The summed E-state index contributed by atoms with van der Waals surface area (Å²) in [5.41, 5.74) is 6.48. The number of nitrogen functional groups attached to an aromatic ring is 1. The van der Waals surface area contributed by atoms with Crippen molar-refractivity contribution in [2.45, 2.75) is 6.92 Å². The van der Waals surface area contributed by atoms with E-state index in [0.717, 1.165) is 11.6 Å². The molecule has 0 radical (unpaired) electrons. The quantitative estimate of drug-likeness (QED) is 0.823. The summed E-state index contributed by atoms with van der Waals surface area (Å²) in [4.78, 5) is 3.96. The van der Waals surface area contributed by atoms with Crippen molar-refractivity contribution in [3.05, 3.63) is 47.4 Å². The first kappa shape index (κ1) is 11.9. The summed E-state index contributed by atoms with van der Waals surface area (Å²) in [6.07, 6.45) is 1.53. The van der Waals surface area contributed by atoms with Crippen LogP contribution in [0.4, 0.5) is 10.1 Å². The van der Waals surface area contributed by atoms with Crippen LogP contribution < -0.4 is 10.5 Å². The van der Waals surface area contributed by atoms with Crippen LogP contribution in [0.5, 0.6) is 11.6 Å². The molecule has 2 aromatic rings. The van der Waals surface area contributed by atoms with Crippen LogP contribution in [0.2, 0.25) is 0 Å². The molecular formula is C13H10FN3O. The highest BCUT2D eigenvalue weighted by atomic mass is 19.1. The number of nitrogens with zero attached hydrogens (tertiary/aromatic N) is 2. The van der Waals surface area contributed by atoms with Gasteiger partial charge in [0, 0.05) is 12.3 Å². The Labute approximate surface area is 103 Å². The molecule has 0 aliphatic heterocycles. The van der Waals surface area contributed by atoms with E-state index in [9.17, 15) is 4.39 Å². The van der Waals surface area contributed by atoms with Crippen LogP contribution in [0.1, 0.15) is 11.1 Å². The van der Waals surface area contributed by atoms with Crippen molar-refractivity contribution in [1.82, 2.24) is 4.98 Å². The van der Waals surface area contributed by atoms with Gasteiger partial charge in [0.05, 0.1) is 5.69 Å². The molecule has 0 atom stereocenters. The fourth-order valence-electron chi connectivity index (χ4n) is 1.43. The van der Waals surface area contributed by atoms with Gasteiger partial charge in [-0.3, -0.25) is 0 Å². The number of aryl methyl sites for hydroxylation is 1. The number of nitrogens with two attached hydrogens (primary N) is 1. The molecule has 0 amide bonds. The molecule has 2 rings (SSSR count). The van der Waals surface area contributed by atoms with Gasteiger partial charge in [0.1, 0.15) is 23.2 Å². The Morgan fingerprint density at radius 3 is 2.83 bits per heavy atom. The maximum Gasteiger partial charge on any atom is 0.237 e. The molecular weight excluding hydrogens is 233 g/mol. The van der Waals surface area contributed by atoms with Gasteiger partial charge in [-0.1, -0.05) is 0 Å². The molecule has 1 heterocycles. The number of hydrogen-bond acceptors (Lipinski definition) is 4. The number of nitriles is 1. The molecule has 0 unspecified atom stereocenters. The van der Waals surface area contributed by atoms with Crippen molar-refractivity contribution in [3.63, 3.8) is 0 Å². The molecule has 4 nitrogen and oxygen atoms in total. The lowest BCUT2D eigenvalue weighted by Crippen LogP contribution is -1.96. The molecule has 5 heteroatoms. The monoisotopic (exact) mass is 243 g/mol. The first-order valence-electron chi connectivity index (χ1n) is 5.20. The Morgan fingerprint density at radius 1 is 1.39 bits per heavy atom. The van der Waals surface area contributed by atoms with Crippen LogP contribution in [0.3, 0.4) is 0 Å². The summed E-state index contributed by atoms with van der Waals surface area (Å²) in [6, 6.07) is 7.77. The van der Waals surface area contributed by atoms with E-state index >= 15 is 0 Å². The van der Waals surface area contributed by atoms with Gasteiger partial charge >= 0.3 is 0 Å². The summed E-state index contributed by atoms with van der Waals surface area (Å²) in [5, 5.41) is 9.01. The molecule has 0 saturated carbocycles. The Morgan fingerprint density at radius 2 is 2.17 bits per heavy atom. The summed E-state index contributed by atoms with van der Waals surface area (Å²) >= 11 is 0. The van der Waals surface area contributed by atoms with E-state index in [2.05, 4.69) is 4.98 Å². The second-order valence-electron chi connectivity index (χ2n) is 3.71. The topological polar surface area (TPSA) is 71.9 Å². The minimum Gasteiger partial charge on any atom is -0.438 e. The standard InChI is InChI=1S/C13H10FN3O/c1-8-4-5-17-13(10(8)7-15)18-9-2-3-12(16)11(14)6-9/h2-6H,16H2,1H3. The minimum atomic E-state index is -0.571. The van der Waals surface area contributed by atoms with Crippen LogP contribution in [-0.4, -0.2) is 4.98 Å². The normalized spacial score (nSPS) is 9.83. The summed E-state index contributed by atoms with van der Waals surface area (Å²) in [6.45, 7) is 1.77. The molecule has 2 N–H and O–H groups in total. The summed E-state index contributed by atoms with van der Waals surface area (Å²) in [5.74, 6) is -0.170. The van der Waals surface area contributed by atoms with Crippen molar-refractivity contribution < 1.29 is 9.13 Å². The predicted octanol–water partition coefficient (Wildman–Crippen LogP) is 2.78. The van der Waals surface area contributed by atoms with Crippen molar-refractivity contribution in [1.29, 1.82) is 5.26 Å². The predicted molar refractivity (Wildman–Crippen MR) is 64.6 cm³/mol.